The molecule has 1 aliphatic rings. The van der Waals surface area contributed by atoms with E-state index in [4.69, 9.17) is 4.42 Å². The zero-order chi connectivity index (χ0) is 19.4. The van der Waals surface area contributed by atoms with Crippen molar-refractivity contribution in [3.05, 3.63) is 24.2 Å². The molecule has 0 saturated carbocycles. The van der Waals surface area contributed by atoms with E-state index < -0.39 is 12.2 Å². The van der Waals surface area contributed by atoms with Crippen LogP contribution in [0.15, 0.2) is 27.8 Å². The van der Waals surface area contributed by atoms with Crippen molar-refractivity contribution in [2.75, 3.05) is 33.2 Å². The Balaban J connectivity index is 1.52. The average molecular weight is 385 g/mol. The minimum Gasteiger partial charge on any atom is -0.461 e. The smallest absolute Gasteiger partial charge is 0.403 e. The maximum Gasteiger partial charge on any atom is 0.403 e. The SMILES string of the molecule is CN=C(NCc1nc(-c2ccco2)n[nH]1)N1CCN(C(C)C(F)(F)F)CC1. The van der Waals surface area contributed by atoms with Gasteiger partial charge in [-0.2, -0.15) is 13.2 Å². The fraction of sp³-hybridized carbons (Fsp3) is 0.562. The van der Waals surface area contributed by atoms with Gasteiger partial charge < -0.3 is 14.6 Å². The third-order valence-corrected chi connectivity index (χ3v) is 4.53. The molecule has 3 heterocycles. The Kier molecular flexibility index (Phi) is 5.68. The van der Waals surface area contributed by atoms with E-state index in [2.05, 4.69) is 25.5 Å². The lowest BCUT2D eigenvalue weighted by molar-refractivity contribution is -0.181. The number of rotatable bonds is 4. The minimum absolute atomic E-state index is 0.326. The molecule has 0 bridgehead atoms. The summed E-state index contributed by atoms with van der Waals surface area (Å²) in [6.07, 6.45) is -2.66. The van der Waals surface area contributed by atoms with Crippen LogP contribution in [0.5, 0.6) is 0 Å². The van der Waals surface area contributed by atoms with E-state index in [1.165, 1.54) is 11.8 Å². The summed E-state index contributed by atoms with van der Waals surface area (Å²) in [5.74, 6) is 2.25. The number of nitrogens with one attached hydrogen (secondary N) is 2. The lowest BCUT2D eigenvalue weighted by Crippen LogP contribution is -2.56. The van der Waals surface area contributed by atoms with Crippen LogP contribution < -0.4 is 5.32 Å². The van der Waals surface area contributed by atoms with Crippen LogP contribution in [-0.4, -0.2) is 76.4 Å². The maximum absolute atomic E-state index is 12.9. The van der Waals surface area contributed by atoms with Crippen molar-refractivity contribution in [1.29, 1.82) is 0 Å². The molecule has 1 fully saturated rings. The van der Waals surface area contributed by atoms with Crippen LogP contribution in [0.25, 0.3) is 11.6 Å². The summed E-state index contributed by atoms with van der Waals surface area (Å²) in [5, 5.41) is 10.1. The molecule has 0 spiro atoms. The second kappa shape index (κ2) is 7.99. The normalized spacial score (nSPS) is 18.0. The quantitative estimate of drug-likeness (QED) is 0.616. The second-order valence-corrected chi connectivity index (χ2v) is 6.22. The van der Waals surface area contributed by atoms with Gasteiger partial charge in [0, 0.05) is 33.2 Å². The maximum atomic E-state index is 12.9. The summed E-state index contributed by atoms with van der Waals surface area (Å²) in [4.78, 5) is 11.9. The van der Waals surface area contributed by atoms with Crippen molar-refractivity contribution >= 4 is 5.96 Å². The van der Waals surface area contributed by atoms with Crippen LogP contribution in [0.3, 0.4) is 0 Å². The Labute approximate surface area is 154 Å². The van der Waals surface area contributed by atoms with E-state index in [0.29, 0.717) is 56.1 Å². The van der Waals surface area contributed by atoms with Crippen molar-refractivity contribution in [1.82, 2.24) is 30.3 Å². The lowest BCUT2D eigenvalue weighted by Gasteiger charge is -2.39. The van der Waals surface area contributed by atoms with Crippen LogP contribution in [0.4, 0.5) is 13.2 Å². The van der Waals surface area contributed by atoms with E-state index in [1.54, 1.807) is 25.4 Å². The van der Waals surface area contributed by atoms with Crippen LogP contribution in [0.2, 0.25) is 0 Å². The summed E-state index contributed by atoms with van der Waals surface area (Å²) in [6.45, 7) is 3.14. The molecule has 2 aromatic rings. The number of furan rings is 1. The Hall–Kier alpha value is -2.56. The molecule has 2 aromatic heterocycles. The molecule has 27 heavy (non-hydrogen) atoms. The zero-order valence-corrected chi connectivity index (χ0v) is 15.1. The highest BCUT2D eigenvalue weighted by Crippen LogP contribution is 2.25. The molecule has 1 saturated heterocycles. The number of aromatic nitrogens is 3. The monoisotopic (exact) mass is 385 g/mol. The predicted molar refractivity (Wildman–Crippen MR) is 92.9 cm³/mol. The van der Waals surface area contributed by atoms with Crippen LogP contribution in [0.1, 0.15) is 12.7 Å². The molecule has 0 aromatic carbocycles. The van der Waals surface area contributed by atoms with Gasteiger partial charge in [0.1, 0.15) is 11.9 Å². The Morgan fingerprint density at radius 3 is 2.70 bits per heavy atom. The number of H-pyrrole nitrogens is 1. The lowest BCUT2D eigenvalue weighted by atomic mass is 10.2. The van der Waals surface area contributed by atoms with Gasteiger partial charge in [-0.15, -0.1) is 5.10 Å². The number of hydrogen-bond donors (Lipinski definition) is 2. The van der Waals surface area contributed by atoms with Gasteiger partial charge >= 0.3 is 6.18 Å². The highest BCUT2D eigenvalue weighted by molar-refractivity contribution is 5.79. The van der Waals surface area contributed by atoms with Gasteiger partial charge in [0.05, 0.1) is 12.8 Å². The first-order chi connectivity index (χ1) is 12.9. The molecule has 3 rings (SSSR count). The predicted octanol–water partition coefficient (Wildman–Crippen LogP) is 1.71. The fourth-order valence-corrected chi connectivity index (χ4v) is 2.91. The summed E-state index contributed by atoms with van der Waals surface area (Å²) < 4.78 is 43.8. The largest absolute Gasteiger partial charge is 0.461 e. The van der Waals surface area contributed by atoms with Gasteiger partial charge in [-0.25, -0.2) is 4.98 Å². The van der Waals surface area contributed by atoms with E-state index >= 15 is 0 Å². The molecule has 0 aliphatic carbocycles. The third-order valence-electron chi connectivity index (χ3n) is 4.53. The highest BCUT2D eigenvalue weighted by Gasteiger charge is 2.41. The number of guanidine groups is 1. The summed E-state index contributed by atoms with van der Waals surface area (Å²) >= 11 is 0. The van der Waals surface area contributed by atoms with Crippen molar-refractivity contribution in [2.45, 2.75) is 25.7 Å². The molecule has 0 radical (unpaired) electrons. The van der Waals surface area contributed by atoms with Crippen LogP contribution in [-0.2, 0) is 6.54 Å². The molecule has 11 heteroatoms. The Morgan fingerprint density at radius 1 is 1.37 bits per heavy atom. The highest BCUT2D eigenvalue weighted by atomic mass is 19.4. The van der Waals surface area contributed by atoms with Gasteiger partial charge in [-0.1, -0.05) is 0 Å². The summed E-state index contributed by atoms with van der Waals surface area (Å²) in [6, 6.07) is 2.08. The number of hydrogen-bond acceptors (Lipinski definition) is 5. The van der Waals surface area contributed by atoms with E-state index in [-0.39, 0.29) is 0 Å². The van der Waals surface area contributed by atoms with Crippen molar-refractivity contribution in [2.24, 2.45) is 4.99 Å². The standard InChI is InChI=1S/C16H22F3N7O/c1-11(16(17,18)19)25-5-7-26(8-6-25)15(20-2)21-10-13-22-14(24-23-13)12-4-3-9-27-12/h3-4,9,11H,5-8,10H2,1-2H3,(H,20,21)(H,22,23,24). The molecule has 8 nitrogen and oxygen atoms in total. The Bertz CT molecular complexity index is 748. The first-order valence-corrected chi connectivity index (χ1v) is 8.60. The second-order valence-electron chi connectivity index (χ2n) is 6.22. The number of alkyl halides is 3. The van der Waals surface area contributed by atoms with Crippen LogP contribution in [0, 0.1) is 0 Å². The third kappa shape index (κ3) is 4.59. The van der Waals surface area contributed by atoms with Gasteiger partial charge in [0.2, 0.25) is 5.82 Å². The van der Waals surface area contributed by atoms with E-state index in [9.17, 15) is 13.2 Å². The van der Waals surface area contributed by atoms with Gasteiger partial charge in [0.25, 0.3) is 0 Å². The molecule has 2 N–H and O–H groups in total. The zero-order valence-electron chi connectivity index (χ0n) is 15.1. The topological polar surface area (TPSA) is 85.6 Å². The van der Waals surface area contributed by atoms with E-state index in [1.807, 2.05) is 4.90 Å². The summed E-state index contributed by atoms with van der Waals surface area (Å²) in [5.41, 5.74) is 0. The molecular weight excluding hydrogens is 363 g/mol. The number of halogens is 3. The number of nitrogens with zero attached hydrogens (tertiary/aromatic N) is 5. The number of piperazine rings is 1. The summed E-state index contributed by atoms with van der Waals surface area (Å²) in [7, 11) is 1.64. The molecular formula is C16H22F3N7O. The first-order valence-electron chi connectivity index (χ1n) is 8.60. The first kappa shape index (κ1) is 19.2. The Morgan fingerprint density at radius 2 is 2.11 bits per heavy atom. The molecule has 148 valence electrons. The molecule has 1 unspecified atom stereocenters. The molecule has 1 aliphatic heterocycles. The number of aliphatic imine (C=N–C) groups is 1. The fourth-order valence-electron chi connectivity index (χ4n) is 2.91. The molecule has 0 amide bonds. The van der Waals surface area contributed by atoms with E-state index in [0.717, 1.165) is 0 Å². The van der Waals surface area contributed by atoms with Gasteiger partial charge in [-0.05, 0) is 19.1 Å². The average Bonchev–Trinajstić information content (AvgIpc) is 3.33. The van der Waals surface area contributed by atoms with Crippen LogP contribution >= 0.6 is 0 Å². The minimum atomic E-state index is -4.21. The van der Waals surface area contributed by atoms with Crippen molar-refractivity contribution < 1.29 is 17.6 Å². The van der Waals surface area contributed by atoms with Crippen molar-refractivity contribution in [3.8, 4) is 11.6 Å². The molecule has 1 atom stereocenters. The van der Waals surface area contributed by atoms with Gasteiger partial charge in [0.15, 0.2) is 11.7 Å². The van der Waals surface area contributed by atoms with Crippen molar-refractivity contribution in [3.63, 3.8) is 0 Å². The van der Waals surface area contributed by atoms with Gasteiger partial charge in [-0.3, -0.25) is 15.0 Å². The number of aromatic amines is 1.